The van der Waals surface area contributed by atoms with Gasteiger partial charge in [-0.05, 0) is 82.7 Å². The summed E-state index contributed by atoms with van der Waals surface area (Å²) >= 11 is 0. The Labute approximate surface area is 278 Å². The van der Waals surface area contributed by atoms with Crippen LogP contribution < -0.4 is 16.4 Å². The van der Waals surface area contributed by atoms with E-state index < -0.39 is 45.7 Å². The Balaban J connectivity index is 1.70. The number of rotatable bonds is 2. The number of hydrogen-bond acceptors (Lipinski definition) is 7. The van der Waals surface area contributed by atoms with Gasteiger partial charge >= 0.3 is 0 Å². The number of nitrogens with zero attached hydrogens (tertiary/aromatic N) is 2. The molecule has 7 rings (SSSR count). The van der Waals surface area contributed by atoms with Crippen molar-refractivity contribution in [1.29, 1.82) is 0 Å². The van der Waals surface area contributed by atoms with Crippen molar-refractivity contribution in [2.75, 3.05) is 0 Å². The van der Waals surface area contributed by atoms with E-state index >= 15 is 0 Å². The molecule has 2 aromatic heterocycles. The zero-order chi connectivity index (χ0) is 34.9. The van der Waals surface area contributed by atoms with Gasteiger partial charge in [-0.2, -0.15) is 0 Å². The van der Waals surface area contributed by atoms with Crippen molar-refractivity contribution in [2.24, 2.45) is 0 Å². The Kier molecular flexibility index (Phi) is 6.48. The van der Waals surface area contributed by atoms with Gasteiger partial charge in [-0.3, -0.25) is 0 Å². The number of aromatic hydroxyl groups is 7. The van der Waals surface area contributed by atoms with Crippen LogP contribution in [0.1, 0.15) is 37.5 Å². The highest BCUT2D eigenvalue weighted by Crippen LogP contribution is 2.50. The summed E-state index contributed by atoms with van der Waals surface area (Å²) in [6.07, 6.45) is 0. The number of aryl methyl sites for hydroxylation is 2. The van der Waals surface area contributed by atoms with Crippen LogP contribution in [0, 0.1) is 13.8 Å². The molecule has 234 valence electrons. The SMILES string of the molecule is [B]c1c(O)c(O)c2c(c1C)c1c(O)c([B])c(O)c(O)c1n2-c1ccc2c(c1)c1c(O)c(O)c([B])c(C)c1n2-c1cccc(C(C)(C)C)c1. The maximum absolute atomic E-state index is 11.4. The van der Waals surface area contributed by atoms with Crippen molar-refractivity contribution in [1.82, 2.24) is 9.13 Å². The lowest BCUT2D eigenvalue weighted by molar-refractivity contribution is 0.405. The second-order valence-electron chi connectivity index (χ2n) is 13.3. The van der Waals surface area contributed by atoms with E-state index in [4.69, 9.17) is 23.5 Å². The summed E-state index contributed by atoms with van der Waals surface area (Å²) in [4.78, 5) is 0. The maximum atomic E-state index is 11.4. The minimum Gasteiger partial charge on any atom is -0.508 e. The molecule has 7 aromatic rings. The number of aromatic nitrogens is 2. The van der Waals surface area contributed by atoms with E-state index in [0.717, 1.165) is 11.3 Å². The molecule has 0 amide bonds. The molecule has 0 aliphatic rings. The first-order chi connectivity index (χ1) is 22.5. The molecule has 2 heterocycles. The summed E-state index contributed by atoms with van der Waals surface area (Å²) in [5.41, 5.74) is 3.07. The second kappa shape index (κ2) is 10.00. The first-order valence-electron chi connectivity index (χ1n) is 15.1. The molecular weight excluding hydrogens is 605 g/mol. The number of phenols is 7. The van der Waals surface area contributed by atoms with Crippen LogP contribution in [0.5, 0.6) is 40.2 Å². The zero-order valence-electron chi connectivity index (χ0n) is 26.8. The molecule has 0 bridgehead atoms. The topological polar surface area (TPSA) is 151 Å². The van der Waals surface area contributed by atoms with E-state index in [1.54, 1.807) is 32.0 Å². The van der Waals surface area contributed by atoms with Crippen molar-refractivity contribution in [3.8, 4) is 51.6 Å². The molecular formula is C36H29B3N2O7. The van der Waals surface area contributed by atoms with Crippen molar-refractivity contribution in [3.63, 3.8) is 0 Å². The molecule has 7 N–H and O–H groups in total. The average Bonchev–Trinajstić information content (AvgIpc) is 3.60. The Hall–Kier alpha value is -5.51. The van der Waals surface area contributed by atoms with E-state index in [0.29, 0.717) is 22.0 Å². The summed E-state index contributed by atoms with van der Waals surface area (Å²) in [6.45, 7) is 9.62. The lowest BCUT2D eigenvalue weighted by atomic mass is 9.85. The molecule has 0 aliphatic heterocycles. The highest BCUT2D eigenvalue weighted by atomic mass is 16.3. The van der Waals surface area contributed by atoms with Crippen LogP contribution in [-0.4, -0.2) is 68.4 Å². The van der Waals surface area contributed by atoms with Crippen LogP contribution in [0.15, 0.2) is 42.5 Å². The smallest absolute Gasteiger partial charge is 0.182 e. The third kappa shape index (κ3) is 3.89. The van der Waals surface area contributed by atoms with E-state index in [-0.39, 0.29) is 54.8 Å². The van der Waals surface area contributed by atoms with Crippen LogP contribution in [0.2, 0.25) is 0 Å². The largest absolute Gasteiger partial charge is 0.508 e. The van der Waals surface area contributed by atoms with E-state index in [9.17, 15) is 35.7 Å². The van der Waals surface area contributed by atoms with Crippen molar-refractivity contribution in [2.45, 2.75) is 40.0 Å². The molecule has 0 atom stereocenters. The maximum Gasteiger partial charge on any atom is 0.182 e. The summed E-state index contributed by atoms with van der Waals surface area (Å²) in [5.74, 6) is -4.25. The van der Waals surface area contributed by atoms with Gasteiger partial charge < -0.3 is 44.9 Å². The van der Waals surface area contributed by atoms with Gasteiger partial charge in [-0.1, -0.05) is 32.9 Å². The third-order valence-electron chi connectivity index (χ3n) is 9.50. The van der Waals surface area contributed by atoms with E-state index in [2.05, 4.69) is 20.8 Å². The summed E-state index contributed by atoms with van der Waals surface area (Å²) < 4.78 is 3.29. The summed E-state index contributed by atoms with van der Waals surface area (Å²) in [6, 6.07) is 13.0. The standard InChI is InChI=1S/C36H29B3N2O7/c1-13-20-22-28(35(48)33(46)25(39)29(22)42)41(27(20)34(47)32(45)23(13)37)17-9-10-19-18(12-17)21-26(14(2)24(38)31(44)30(21)43)40(19)16-8-6-7-15(11-16)36(3,4)5/h6-12,42-48H,1-5H3. The summed E-state index contributed by atoms with van der Waals surface area (Å²) in [7, 11) is 18.4. The monoisotopic (exact) mass is 634 g/mol. The molecule has 12 heteroatoms. The van der Waals surface area contributed by atoms with Crippen LogP contribution >= 0.6 is 0 Å². The van der Waals surface area contributed by atoms with Crippen LogP contribution in [-0.2, 0) is 5.41 Å². The molecule has 0 aliphatic carbocycles. The highest BCUT2D eigenvalue weighted by Gasteiger charge is 2.30. The number of fused-ring (bicyclic) bond motifs is 6. The van der Waals surface area contributed by atoms with Gasteiger partial charge in [0, 0.05) is 22.1 Å². The fourth-order valence-electron chi connectivity index (χ4n) is 6.86. The lowest BCUT2D eigenvalue weighted by Gasteiger charge is -2.21. The molecule has 0 fully saturated rings. The van der Waals surface area contributed by atoms with Crippen LogP contribution in [0.3, 0.4) is 0 Å². The van der Waals surface area contributed by atoms with Crippen molar-refractivity contribution >= 4 is 83.5 Å². The summed E-state index contributed by atoms with van der Waals surface area (Å²) in [5, 5.41) is 78.5. The molecule has 0 unspecified atom stereocenters. The molecule has 48 heavy (non-hydrogen) atoms. The minimum atomic E-state index is -0.788. The predicted molar refractivity (Wildman–Crippen MR) is 191 cm³/mol. The Morgan fingerprint density at radius 1 is 0.521 bits per heavy atom. The number of benzene rings is 5. The van der Waals surface area contributed by atoms with Gasteiger partial charge in [0.25, 0.3) is 0 Å². The first kappa shape index (κ1) is 31.1. The average molecular weight is 634 g/mol. The lowest BCUT2D eigenvalue weighted by Crippen LogP contribution is -2.12. The zero-order valence-corrected chi connectivity index (χ0v) is 26.8. The van der Waals surface area contributed by atoms with Crippen LogP contribution in [0.4, 0.5) is 0 Å². The Bertz CT molecular complexity index is 2500. The first-order valence-corrected chi connectivity index (χ1v) is 15.1. The fourth-order valence-corrected chi connectivity index (χ4v) is 6.86. The second-order valence-corrected chi connectivity index (χ2v) is 13.3. The quantitative estimate of drug-likeness (QED) is 0.0860. The highest BCUT2D eigenvalue weighted by molar-refractivity contribution is 6.42. The van der Waals surface area contributed by atoms with E-state index in [1.165, 1.54) is 4.57 Å². The van der Waals surface area contributed by atoms with Crippen molar-refractivity contribution < 1.29 is 35.7 Å². The molecule has 0 saturated heterocycles. The van der Waals surface area contributed by atoms with Gasteiger partial charge in [-0.15, -0.1) is 0 Å². The van der Waals surface area contributed by atoms with Gasteiger partial charge in [-0.25, -0.2) is 0 Å². The van der Waals surface area contributed by atoms with Gasteiger partial charge in [0.05, 0.1) is 21.8 Å². The fraction of sp³-hybridized carbons (Fsp3) is 0.167. The van der Waals surface area contributed by atoms with Crippen molar-refractivity contribution in [3.05, 3.63) is 59.2 Å². The molecule has 9 nitrogen and oxygen atoms in total. The Morgan fingerprint density at radius 3 is 1.73 bits per heavy atom. The van der Waals surface area contributed by atoms with Gasteiger partial charge in [0.15, 0.2) is 34.5 Å². The molecule has 6 radical (unpaired) electrons. The third-order valence-corrected chi connectivity index (χ3v) is 9.50. The minimum absolute atomic E-state index is 0.0144. The van der Waals surface area contributed by atoms with Gasteiger partial charge in [0.1, 0.15) is 40.3 Å². The van der Waals surface area contributed by atoms with Crippen LogP contribution in [0.25, 0.3) is 55.0 Å². The normalized spacial score (nSPS) is 12.3. The molecule has 0 saturated carbocycles. The van der Waals surface area contributed by atoms with E-state index in [1.807, 2.05) is 28.8 Å². The molecule has 5 aromatic carbocycles. The molecule has 0 spiro atoms. The number of hydrogen-bond donors (Lipinski definition) is 7. The Morgan fingerprint density at radius 2 is 1.08 bits per heavy atom. The predicted octanol–water partition coefficient (Wildman–Crippen LogP) is 4.12. The number of phenolic OH excluding ortho intramolecular Hbond substituents is 7. The van der Waals surface area contributed by atoms with Gasteiger partial charge in [0.2, 0.25) is 0 Å².